The quantitative estimate of drug-likeness (QED) is 0.501. The molecule has 7 heteroatoms. The zero-order valence-corrected chi connectivity index (χ0v) is 16.6. The zero-order chi connectivity index (χ0) is 20.4. The Morgan fingerprint density at radius 1 is 0.931 bits per heavy atom. The fraction of sp³-hybridized carbons (Fsp3) is 0.0455. The van der Waals surface area contributed by atoms with Crippen LogP contribution >= 0.6 is 23.2 Å². The lowest BCUT2D eigenvalue weighted by molar-refractivity contribution is -0.117. The molecule has 144 valence electrons. The largest absolute Gasteiger partial charge is 0.323 e. The molecule has 0 bridgehead atoms. The molecule has 0 aliphatic heterocycles. The highest BCUT2D eigenvalue weighted by Crippen LogP contribution is 2.29. The highest BCUT2D eigenvalue weighted by molar-refractivity contribution is 6.43. The number of benzene rings is 3. The van der Waals surface area contributed by atoms with Gasteiger partial charge in [-0.3, -0.25) is 9.59 Å². The highest BCUT2D eigenvalue weighted by Gasteiger charge is 2.11. The van der Waals surface area contributed by atoms with Crippen molar-refractivity contribution in [1.29, 1.82) is 0 Å². The van der Waals surface area contributed by atoms with Crippen LogP contribution in [-0.4, -0.2) is 15.7 Å². The number of carbonyl (C=O) groups excluding carboxylic acids is 1. The van der Waals surface area contributed by atoms with Crippen molar-refractivity contribution in [2.24, 2.45) is 0 Å². The zero-order valence-electron chi connectivity index (χ0n) is 15.1. The molecule has 1 aromatic heterocycles. The third-order valence-electron chi connectivity index (χ3n) is 4.43. The molecule has 4 rings (SSSR count). The van der Waals surface area contributed by atoms with E-state index >= 15 is 0 Å². The maximum atomic E-state index is 12.4. The van der Waals surface area contributed by atoms with Gasteiger partial charge < -0.3 is 5.32 Å². The summed E-state index contributed by atoms with van der Waals surface area (Å²) in [5.41, 5.74) is 1.46. The van der Waals surface area contributed by atoms with E-state index in [2.05, 4.69) is 10.4 Å². The average molecular weight is 424 g/mol. The Balaban J connectivity index is 1.60. The summed E-state index contributed by atoms with van der Waals surface area (Å²) in [5, 5.41) is 9.77. The second-order valence-electron chi connectivity index (χ2n) is 6.43. The van der Waals surface area contributed by atoms with Crippen LogP contribution in [0.5, 0.6) is 0 Å². The molecule has 1 N–H and O–H groups in total. The number of halogens is 2. The number of rotatable bonds is 4. The number of fused-ring (bicyclic) bond motifs is 1. The van der Waals surface area contributed by atoms with E-state index in [1.54, 1.807) is 24.3 Å². The van der Waals surface area contributed by atoms with Crippen LogP contribution in [0.3, 0.4) is 0 Å². The predicted molar refractivity (Wildman–Crippen MR) is 117 cm³/mol. The van der Waals surface area contributed by atoms with Crippen LogP contribution in [0.1, 0.15) is 0 Å². The molecule has 0 unspecified atom stereocenters. The first kappa shape index (κ1) is 19.2. The van der Waals surface area contributed by atoms with Crippen LogP contribution in [-0.2, 0) is 11.3 Å². The van der Waals surface area contributed by atoms with Crippen molar-refractivity contribution >= 4 is 45.6 Å². The van der Waals surface area contributed by atoms with Gasteiger partial charge >= 0.3 is 0 Å². The van der Waals surface area contributed by atoms with E-state index in [1.807, 2.05) is 42.5 Å². The summed E-state index contributed by atoms with van der Waals surface area (Å²) in [6, 6.07) is 21.9. The van der Waals surface area contributed by atoms with Gasteiger partial charge in [0.25, 0.3) is 5.56 Å². The van der Waals surface area contributed by atoms with Gasteiger partial charge in [-0.15, -0.1) is 0 Å². The van der Waals surface area contributed by atoms with Gasteiger partial charge in [0.05, 0.1) is 21.4 Å². The Kier molecular flexibility index (Phi) is 5.34. The fourth-order valence-electron chi connectivity index (χ4n) is 2.99. The molecule has 29 heavy (non-hydrogen) atoms. The fourth-order valence-corrected chi connectivity index (χ4v) is 3.34. The topological polar surface area (TPSA) is 64.0 Å². The lowest BCUT2D eigenvalue weighted by Gasteiger charge is -2.10. The van der Waals surface area contributed by atoms with E-state index in [-0.39, 0.29) is 17.1 Å². The van der Waals surface area contributed by atoms with Crippen LogP contribution in [0.4, 0.5) is 5.69 Å². The second-order valence-corrected chi connectivity index (χ2v) is 7.21. The summed E-state index contributed by atoms with van der Waals surface area (Å²) >= 11 is 12.1. The molecule has 0 saturated heterocycles. The van der Waals surface area contributed by atoms with Crippen LogP contribution in [0.15, 0.2) is 77.6 Å². The number of amides is 1. The van der Waals surface area contributed by atoms with Gasteiger partial charge in [0.15, 0.2) is 0 Å². The summed E-state index contributed by atoms with van der Waals surface area (Å²) < 4.78 is 1.12. The first-order valence-corrected chi connectivity index (χ1v) is 9.58. The molecular weight excluding hydrogens is 409 g/mol. The van der Waals surface area contributed by atoms with E-state index < -0.39 is 5.91 Å². The van der Waals surface area contributed by atoms with E-state index in [9.17, 15) is 9.59 Å². The maximum absolute atomic E-state index is 12.4. The molecule has 1 heterocycles. The Morgan fingerprint density at radius 2 is 1.72 bits per heavy atom. The molecule has 0 aliphatic rings. The molecule has 0 spiro atoms. The molecule has 4 aromatic rings. The lowest BCUT2D eigenvalue weighted by atomic mass is 10.1. The van der Waals surface area contributed by atoms with E-state index in [0.29, 0.717) is 16.4 Å². The van der Waals surface area contributed by atoms with Crippen molar-refractivity contribution in [3.63, 3.8) is 0 Å². The van der Waals surface area contributed by atoms with E-state index in [0.717, 1.165) is 21.0 Å². The first-order chi connectivity index (χ1) is 14.0. The van der Waals surface area contributed by atoms with Gasteiger partial charge in [-0.25, -0.2) is 4.68 Å². The Morgan fingerprint density at radius 3 is 2.55 bits per heavy atom. The summed E-state index contributed by atoms with van der Waals surface area (Å²) in [6.07, 6.45) is 0. The SMILES string of the molecule is O=C(Cn1nc(-c2ccc3ccccc3c2)ccc1=O)Nc1cccc(Cl)c1Cl. The molecular formula is C22H15Cl2N3O2. The molecule has 0 fully saturated rings. The molecule has 3 aromatic carbocycles. The maximum Gasteiger partial charge on any atom is 0.267 e. The van der Waals surface area contributed by atoms with Crippen LogP contribution in [0, 0.1) is 0 Å². The van der Waals surface area contributed by atoms with Gasteiger partial charge in [-0.2, -0.15) is 5.10 Å². The van der Waals surface area contributed by atoms with Crippen LogP contribution in [0.2, 0.25) is 10.0 Å². The number of carbonyl (C=O) groups is 1. The Hall–Kier alpha value is -3.15. The minimum Gasteiger partial charge on any atom is -0.323 e. The lowest BCUT2D eigenvalue weighted by Crippen LogP contribution is -2.29. The first-order valence-electron chi connectivity index (χ1n) is 8.82. The van der Waals surface area contributed by atoms with Crippen LogP contribution < -0.4 is 10.9 Å². The summed E-state index contributed by atoms with van der Waals surface area (Å²) in [7, 11) is 0. The molecule has 0 saturated carbocycles. The Bertz CT molecular complexity index is 1280. The third kappa shape index (κ3) is 4.16. The number of hydrogen-bond donors (Lipinski definition) is 1. The number of aromatic nitrogens is 2. The second kappa shape index (κ2) is 8.07. The third-order valence-corrected chi connectivity index (χ3v) is 5.25. The number of hydrogen-bond acceptors (Lipinski definition) is 3. The standard InChI is InChI=1S/C22H15Cl2N3O2/c23-17-6-3-7-19(22(17)24)25-20(28)13-27-21(29)11-10-18(26-27)16-9-8-14-4-1-2-5-15(14)12-16/h1-12H,13H2,(H,25,28). The smallest absolute Gasteiger partial charge is 0.267 e. The summed E-state index contributed by atoms with van der Waals surface area (Å²) in [4.78, 5) is 24.6. The minimum absolute atomic E-state index is 0.243. The molecule has 5 nitrogen and oxygen atoms in total. The monoisotopic (exact) mass is 423 g/mol. The van der Waals surface area contributed by atoms with Crippen molar-refractivity contribution in [2.75, 3.05) is 5.32 Å². The van der Waals surface area contributed by atoms with Crippen molar-refractivity contribution in [1.82, 2.24) is 9.78 Å². The molecule has 0 radical (unpaired) electrons. The highest BCUT2D eigenvalue weighted by atomic mass is 35.5. The summed E-state index contributed by atoms with van der Waals surface area (Å²) in [6.45, 7) is -0.247. The van der Waals surface area contributed by atoms with Crippen molar-refractivity contribution in [2.45, 2.75) is 6.54 Å². The number of anilines is 1. The van der Waals surface area contributed by atoms with E-state index in [1.165, 1.54) is 6.07 Å². The van der Waals surface area contributed by atoms with Gasteiger partial charge in [0.1, 0.15) is 6.54 Å². The number of nitrogens with one attached hydrogen (secondary N) is 1. The van der Waals surface area contributed by atoms with Gasteiger partial charge in [-0.05, 0) is 35.0 Å². The van der Waals surface area contributed by atoms with Crippen molar-refractivity contribution < 1.29 is 4.79 Å². The average Bonchev–Trinajstić information content (AvgIpc) is 2.72. The summed E-state index contributed by atoms with van der Waals surface area (Å²) in [5.74, 6) is -0.431. The van der Waals surface area contributed by atoms with Gasteiger partial charge in [-0.1, -0.05) is 65.7 Å². The predicted octanol–water partition coefficient (Wildman–Crippen LogP) is 5.01. The molecule has 0 aliphatic carbocycles. The van der Waals surface area contributed by atoms with Crippen LogP contribution in [0.25, 0.3) is 22.0 Å². The Labute approximate surface area is 176 Å². The number of nitrogens with zero attached hydrogens (tertiary/aromatic N) is 2. The normalized spacial score (nSPS) is 10.8. The van der Waals surface area contributed by atoms with Gasteiger partial charge in [0.2, 0.25) is 5.91 Å². The van der Waals surface area contributed by atoms with Crippen molar-refractivity contribution in [3.8, 4) is 11.3 Å². The van der Waals surface area contributed by atoms with Crippen molar-refractivity contribution in [3.05, 3.63) is 93.2 Å². The van der Waals surface area contributed by atoms with E-state index in [4.69, 9.17) is 23.2 Å². The minimum atomic E-state index is -0.431. The molecule has 0 atom stereocenters. The molecule has 1 amide bonds. The van der Waals surface area contributed by atoms with Gasteiger partial charge in [0, 0.05) is 11.6 Å².